The van der Waals surface area contributed by atoms with Crippen molar-refractivity contribution in [1.29, 1.82) is 0 Å². The van der Waals surface area contributed by atoms with Crippen molar-refractivity contribution < 1.29 is 8.42 Å². The summed E-state index contributed by atoms with van der Waals surface area (Å²) in [4.78, 5) is 0. The van der Waals surface area contributed by atoms with Gasteiger partial charge in [-0.05, 0) is 30.6 Å². The Morgan fingerprint density at radius 3 is 2.71 bits per heavy atom. The normalized spacial score (nSPS) is 52.1. The summed E-state index contributed by atoms with van der Waals surface area (Å²) in [7, 11) is -3.04. The zero-order valence-corrected chi connectivity index (χ0v) is 9.39. The highest BCUT2D eigenvalue weighted by Crippen LogP contribution is 2.68. The van der Waals surface area contributed by atoms with E-state index in [1.54, 1.807) is 0 Å². The largest absolute Gasteiger partial charge is 0.215 e. The highest BCUT2D eigenvalue weighted by Gasteiger charge is 2.70. The summed E-state index contributed by atoms with van der Waals surface area (Å²) in [5.41, 5.74) is 0.157. The monoisotopic (exact) mass is 214 g/mol. The van der Waals surface area contributed by atoms with Crippen molar-refractivity contribution in [3.63, 3.8) is 0 Å². The standard InChI is InChI=1S/C10H16NO2S/c1-9(2)7-3-4-10(9)6-11-14(12,13)8(10)5-7/h5,7-8,11H,3-4,6H2,1-2H3. The Hall–Kier alpha value is -0.0900. The molecule has 0 aromatic rings. The Morgan fingerprint density at radius 2 is 2.14 bits per heavy atom. The van der Waals surface area contributed by atoms with Crippen LogP contribution in [-0.4, -0.2) is 20.2 Å². The Bertz CT molecular complexity index is 387. The first-order valence-corrected chi connectivity index (χ1v) is 6.78. The topological polar surface area (TPSA) is 46.2 Å². The predicted octanol–water partition coefficient (Wildman–Crippen LogP) is 0.928. The van der Waals surface area contributed by atoms with Gasteiger partial charge in [0, 0.05) is 12.0 Å². The van der Waals surface area contributed by atoms with Crippen molar-refractivity contribution in [2.75, 3.05) is 6.54 Å². The Kier molecular flexibility index (Phi) is 1.43. The summed E-state index contributed by atoms with van der Waals surface area (Å²) >= 11 is 0. The van der Waals surface area contributed by atoms with E-state index in [4.69, 9.17) is 0 Å². The minimum absolute atomic E-state index is 0.00347. The van der Waals surface area contributed by atoms with Crippen LogP contribution in [0.15, 0.2) is 0 Å². The van der Waals surface area contributed by atoms with Gasteiger partial charge in [-0.3, -0.25) is 0 Å². The van der Waals surface area contributed by atoms with Crippen molar-refractivity contribution in [2.45, 2.75) is 31.9 Å². The highest BCUT2D eigenvalue weighted by atomic mass is 32.2. The summed E-state index contributed by atoms with van der Waals surface area (Å²) in [5, 5.41) is -0.219. The molecule has 79 valence electrons. The predicted molar refractivity (Wildman–Crippen MR) is 53.9 cm³/mol. The molecular weight excluding hydrogens is 198 g/mol. The summed E-state index contributed by atoms with van der Waals surface area (Å²) in [6, 6.07) is 0. The Labute approximate surface area is 85.3 Å². The van der Waals surface area contributed by atoms with E-state index in [2.05, 4.69) is 25.0 Å². The second-order valence-electron chi connectivity index (χ2n) is 5.50. The third-order valence-electron chi connectivity index (χ3n) is 4.99. The maximum Gasteiger partial charge on any atom is 0.215 e. The van der Waals surface area contributed by atoms with E-state index in [1.165, 1.54) is 6.42 Å². The van der Waals surface area contributed by atoms with Crippen molar-refractivity contribution >= 4 is 10.0 Å². The lowest BCUT2D eigenvalue weighted by Gasteiger charge is -2.36. The van der Waals surface area contributed by atoms with E-state index in [0.717, 1.165) is 6.42 Å². The van der Waals surface area contributed by atoms with E-state index < -0.39 is 10.0 Å². The van der Waals surface area contributed by atoms with E-state index in [-0.39, 0.29) is 16.1 Å². The number of fused-ring (bicyclic) bond motifs is 1. The molecule has 1 aliphatic heterocycles. The molecule has 3 rings (SSSR count). The number of sulfonamides is 1. The molecule has 1 saturated heterocycles. The van der Waals surface area contributed by atoms with Crippen LogP contribution in [0.1, 0.15) is 26.7 Å². The molecule has 3 atom stereocenters. The van der Waals surface area contributed by atoms with Gasteiger partial charge >= 0.3 is 0 Å². The van der Waals surface area contributed by atoms with Gasteiger partial charge in [-0.2, -0.15) is 0 Å². The molecule has 3 unspecified atom stereocenters. The third kappa shape index (κ3) is 0.735. The van der Waals surface area contributed by atoms with Gasteiger partial charge in [0.15, 0.2) is 0 Å². The maximum atomic E-state index is 11.8. The first-order chi connectivity index (χ1) is 6.40. The fourth-order valence-electron chi connectivity index (χ4n) is 3.84. The van der Waals surface area contributed by atoms with Gasteiger partial charge in [0.25, 0.3) is 0 Å². The quantitative estimate of drug-likeness (QED) is 0.652. The van der Waals surface area contributed by atoms with Crippen molar-refractivity contribution in [3.05, 3.63) is 6.42 Å². The molecule has 2 bridgehead atoms. The van der Waals surface area contributed by atoms with Gasteiger partial charge in [-0.25, -0.2) is 13.1 Å². The van der Waals surface area contributed by atoms with Gasteiger partial charge < -0.3 is 0 Å². The zero-order valence-electron chi connectivity index (χ0n) is 8.58. The molecule has 1 spiro atoms. The molecule has 0 aromatic heterocycles. The molecule has 4 heteroatoms. The lowest BCUT2D eigenvalue weighted by Crippen LogP contribution is -2.38. The minimum Gasteiger partial charge on any atom is -0.214 e. The Balaban J connectivity index is 2.17. The van der Waals surface area contributed by atoms with Crippen LogP contribution in [-0.2, 0) is 10.0 Å². The molecule has 0 aromatic carbocycles. The van der Waals surface area contributed by atoms with Crippen LogP contribution in [0, 0.1) is 23.2 Å². The smallest absolute Gasteiger partial charge is 0.214 e. The average Bonchev–Trinajstić information content (AvgIpc) is 2.60. The third-order valence-corrected chi connectivity index (χ3v) is 6.81. The molecule has 3 fully saturated rings. The van der Waals surface area contributed by atoms with Gasteiger partial charge in [0.05, 0.1) is 5.25 Å². The molecule has 3 nitrogen and oxygen atoms in total. The first kappa shape index (κ1) is 9.16. The fraction of sp³-hybridized carbons (Fsp3) is 0.900. The minimum atomic E-state index is -3.04. The number of nitrogens with one attached hydrogen (secondary N) is 1. The summed E-state index contributed by atoms with van der Waals surface area (Å²) < 4.78 is 26.3. The van der Waals surface area contributed by atoms with Crippen LogP contribution in [0.5, 0.6) is 0 Å². The van der Waals surface area contributed by atoms with Crippen molar-refractivity contribution in [2.24, 2.45) is 16.7 Å². The number of hydrogen-bond donors (Lipinski definition) is 1. The van der Waals surface area contributed by atoms with E-state index in [1.807, 2.05) is 0 Å². The van der Waals surface area contributed by atoms with Gasteiger partial charge in [0.2, 0.25) is 10.0 Å². The second-order valence-corrected chi connectivity index (χ2v) is 7.39. The second kappa shape index (κ2) is 2.19. The van der Waals surface area contributed by atoms with Crippen LogP contribution in [0.4, 0.5) is 0 Å². The van der Waals surface area contributed by atoms with E-state index in [9.17, 15) is 8.42 Å². The van der Waals surface area contributed by atoms with E-state index in [0.29, 0.717) is 12.5 Å². The SMILES string of the molecule is CC1(C)C2[CH]C3C1(CC2)CNS3(=O)=O. The van der Waals surface area contributed by atoms with Crippen molar-refractivity contribution in [1.82, 2.24) is 4.72 Å². The maximum absolute atomic E-state index is 11.8. The lowest BCUT2D eigenvalue weighted by atomic mass is 9.69. The Morgan fingerprint density at radius 1 is 1.43 bits per heavy atom. The summed E-state index contributed by atoms with van der Waals surface area (Å²) in [5.74, 6) is 0.504. The average molecular weight is 214 g/mol. The van der Waals surface area contributed by atoms with Crippen molar-refractivity contribution in [3.8, 4) is 0 Å². The molecule has 14 heavy (non-hydrogen) atoms. The lowest BCUT2D eigenvalue weighted by molar-refractivity contribution is 0.147. The van der Waals surface area contributed by atoms with Crippen LogP contribution >= 0.6 is 0 Å². The summed E-state index contributed by atoms with van der Waals surface area (Å²) in [6.45, 7) is 5.10. The van der Waals surface area contributed by atoms with Crippen LogP contribution in [0.25, 0.3) is 0 Å². The molecular formula is C10H16NO2S. The number of hydrogen-bond acceptors (Lipinski definition) is 2. The van der Waals surface area contributed by atoms with Crippen LogP contribution in [0.2, 0.25) is 0 Å². The van der Waals surface area contributed by atoms with Gasteiger partial charge in [0.1, 0.15) is 0 Å². The van der Waals surface area contributed by atoms with Crippen LogP contribution in [0.3, 0.4) is 0 Å². The van der Waals surface area contributed by atoms with E-state index >= 15 is 0 Å². The molecule has 1 N–H and O–H groups in total. The summed E-state index contributed by atoms with van der Waals surface area (Å²) in [6.07, 6.45) is 4.32. The molecule has 0 amide bonds. The number of rotatable bonds is 0. The van der Waals surface area contributed by atoms with Crippen LogP contribution < -0.4 is 4.72 Å². The highest BCUT2D eigenvalue weighted by molar-refractivity contribution is 7.90. The molecule has 2 aliphatic carbocycles. The van der Waals surface area contributed by atoms with Gasteiger partial charge in [-0.15, -0.1) is 0 Å². The first-order valence-electron chi connectivity index (χ1n) is 5.24. The fourth-order valence-corrected chi connectivity index (χ4v) is 5.98. The molecule has 3 aliphatic rings. The zero-order chi connectivity index (χ0) is 10.2. The van der Waals surface area contributed by atoms with Gasteiger partial charge in [-0.1, -0.05) is 13.8 Å². The molecule has 2 saturated carbocycles. The molecule has 1 radical (unpaired) electrons. The molecule has 1 heterocycles.